The number of hydrogen-bond donors (Lipinski definition) is 0. The molecule has 1 aliphatic carbocycles. The molecule has 214 valence electrons. The van der Waals surface area contributed by atoms with Gasteiger partial charge in [0, 0.05) is 24.7 Å². The fourth-order valence-electron chi connectivity index (χ4n) is 6.35. The van der Waals surface area contributed by atoms with Crippen LogP contribution >= 0.6 is 22.7 Å². The van der Waals surface area contributed by atoms with Crippen molar-refractivity contribution < 1.29 is 18.6 Å². The molecule has 5 rings (SSSR count). The maximum Gasteiger partial charge on any atom is 0.505 e. The number of fused-ring (bicyclic) bond motifs is 3. The maximum absolute atomic E-state index is 6.52. The van der Waals surface area contributed by atoms with E-state index in [1.807, 2.05) is 22.7 Å². The Morgan fingerprint density at radius 2 is 1.10 bits per heavy atom. The molecule has 3 aliphatic rings. The molecule has 0 aromatic carbocycles. The van der Waals surface area contributed by atoms with E-state index in [2.05, 4.69) is 88.3 Å². The van der Waals surface area contributed by atoms with E-state index in [-0.39, 0.29) is 42.1 Å². The first-order valence-corrected chi connectivity index (χ1v) is 16.7. The molecule has 0 amide bonds. The van der Waals surface area contributed by atoms with E-state index in [1.165, 1.54) is 62.5 Å². The lowest BCUT2D eigenvalue weighted by Crippen LogP contribution is -2.41. The Morgan fingerprint density at radius 3 is 1.44 bits per heavy atom. The summed E-state index contributed by atoms with van der Waals surface area (Å²) in [5.41, 5.74) is 1.57. The Bertz CT molecular complexity index is 1100. The van der Waals surface area contributed by atoms with E-state index in [4.69, 9.17) is 18.6 Å². The van der Waals surface area contributed by atoms with E-state index >= 15 is 0 Å². The molecule has 2 aliphatic heterocycles. The zero-order valence-electron chi connectivity index (χ0n) is 26.1. The summed E-state index contributed by atoms with van der Waals surface area (Å²) in [7, 11) is -0.651. The van der Waals surface area contributed by atoms with Gasteiger partial charge in [0.25, 0.3) is 0 Å². The van der Waals surface area contributed by atoms with Gasteiger partial charge in [0.15, 0.2) is 0 Å². The van der Waals surface area contributed by atoms with Crippen LogP contribution in [0.2, 0.25) is 0 Å². The monoisotopic (exact) mass is 570 g/mol. The van der Waals surface area contributed by atoms with Crippen molar-refractivity contribution >= 4 is 46.5 Å². The molecule has 0 saturated carbocycles. The molecule has 2 aromatic heterocycles. The van der Waals surface area contributed by atoms with Crippen molar-refractivity contribution in [1.82, 2.24) is 0 Å². The summed E-state index contributed by atoms with van der Waals surface area (Å²) in [5, 5.41) is 0. The maximum atomic E-state index is 6.52. The molecule has 0 spiro atoms. The lowest BCUT2D eigenvalue weighted by atomic mass is 9.68. The molecule has 8 heteroatoms. The van der Waals surface area contributed by atoms with Crippen LogP contribution in [-0.4, -0.2) is 36.6 Å². The van der Waals surface area contributed by atoms with Gasteiger partial charge < -0.3 is 18.6 Å². The van der Waals surface area contributed by atoms with Crippen LogP contribution in [0.4, 0.5) is 0 Å². The highest BCUT2D eigenvalue weighted by Gasteiger charge is 2.56. The molecule has 2 saturated heterocycles. The standard InChI is InChI=1S/C31H48B2O4S2/c1-12-15-16-20(13-2)19-31(14-3)21-17-23(32-34-27(4,5)28(6,7)35-32)38-25(21)26-22(31)18-24(39-26)33-36-29(8,9)30(10,11)37-33/h17-18,20H,12-16,19H2,1-11H3. The minimum atomic E-state index is -0.348. The van der Waals surface area contributed by atoms with Crippen molar-refractivity contribution in [3.05, 3.63) is 23.3 Å². The Labute approximate surface area is 245 Å². The SMILES string of the molecule is CCCCC(CC)CC1(CC)c2cc(B3OC(C)(C)C(C)(C)O3)sc2-c2sc(B3OC(C)(C)C(C)(C)O3)cc21. The summed E-state index contributed by atoms with van der Waals surface area (Å²) in [6.07, 6.45) is 7.31. The van der Waals surface area contributed by atoms with Crippen molar-refractivity contribution in [3.63, 3.8) is 0 Å². The summed E-state index contributed by atoms with van der Waals surface area (Å²) >= 11 is 3.74. The van der Waals surface area contributed by atoms with Crippen LogP contribution < -0.4 is 9.55 Å². The number of rotatable bonds is 9. The lowest BCUT2D eigenvalue weighted by Gasteiger charge is -2.34. The second kappa shape index (κ2) is 9.98. The van der Waals surface area contributed by atoms with Crippen LogP contribution in [0.3, 0.4) is 0 Å². The Balaban J connectivity index is 1.58. The average molecular weight is 570 g/mol. The summed E-state index contributed by atoms with van der Waals surface area (Å²) in [5.74, 6) is 0.698. The van der Waals surface area contributed by atoms with Gasteiger partial charge >= 0.3 is 14.2 Å². The van der Waals surface area contributed by atoms with Gasteiger partial charge in [-0.25, -0.2) is 0 Å². The highest BCUT2D eigenvalue weighted by Crippen LogP contribution is 2.58. The van der Waals surface area contributed by atoms with E-state index in [0.29, 0.717) is 5.92 Å². The van der Waals surface area contributed by atoms with Gasteiger partial charge in [-0.3, -0.25) is 0 Å². The quantitative estimate of drug-likeness (QED) is 0.290. The zero-order valence-corrected chi connectivity index (χ0v) is 27.7. The van der Waals surface area contributed by atoms with E-state index in [1.54, 1.807) is 0 Å². The van der Waals surface area contributed by atoms with Crippen LogP contribution in [0, 0.1) is 5.92 Å². The second-order valence-corrected chi connectivity index (χ2v) is 16.2. The van der Waals surface area contributed by atoms with Gasteiger partial charge in [-0.1, -0.05) is 46.5 Å². The third-order valence-corrected chi connectivity index (χ3v) is 13.0. The normalized spacial score (nSPS) is 24.3. The molecule has 39 heavy (non-hydrogen) atoms. The van der Waals surface area contributed by atoms with Gasteiger partial charge in [-0.2, -0.15) is 0 Å². The van der Waals surface area contributed by atoms with Gasteiger partial charge in [-0.05, 0) is 97.4 Å². The second-order valence-electron chi connectivity index (χ2n) is 14.0. The van der Waals surface area contributed by atoms with Gasteiger partial charge in [-0.15, -0.1) is 22.7 Å². The first-order chi connectivity index (χ1) is 18.1. The molecule has 1 unspecified atom stereocenters. The van der Waals surface area contributed by atoms with E-state index < -0.39 is 0 Å². The molecule has 0 bridgehead atoms. The number of unbranched alkanes of at least 4 members (excludes halogenated alkanes) is 1. The van der Waals surface area contributed by atoms with E-state index in [0.717, 1.165) is 6.42 Å². The molecule has 0 radical (unpaired) electrons. The third kappa shape index (κ3) is 4.73. The molecule has 2 fully saturated rings. The highest BCUT2D eigenvalue weighted by molar-refractivity contribution is 7.31. The molecule has 4 heterocycles. The summed E-state index contributed by atoms with van der Waals surface area (Å²) in [4.78, 5) is 2.80. The van der Waals surface area contributed by atoms with Gasteiger partial charge in [0.05, 0.1) is 22.4 Å². The predicted molar refractivity (Wildman–Crippen MR) is 168 cm³/mol. The van der Waals surface area contributed by atoms with Crippen molar-refractivity contribution in [2.75, 3.05) is 0 Å². The first-order valence-electron chi connectivity index (χ1n) is 15.1. The largest absolute Gasteiger partial charge is 0.505 e. The fourth-order valence-corrected chi connectivity index (χ4v) is 8.94. The Hall–Kier alpha value is -0.630. The van der Waals surface area contributed by atoms with Crippen LogP contribution in [-0.2, 0) is 24.0 Å². The number of thiophene rings is 2. The summed E-state index contributed by atoms with van der Waals surface area (Å²) in [6.45, 7) is 24.2. The van der Waals surface area contributed by atoms with Crippen LogP contribution in [0.15, 0.2) is 12.1 Å². The minimum Gasteiger partial charge on any atom is -0.399 e. The molecule has 4 nitrogen and oxygen atoms in total. The molecular formula is C31H48B2O4S2. The molecule has 0 N–H and O–H groups in total. The van der Waals surface area contributed by atoms with Crippen molar-refractivity contribution in [2.24, 2.45) is 5.92 Å². The summed E-state index contributed by atoms with van der Waals surface area (Å²) in [6, 6.07) is 4.86. The Morgan fingerprint density at radius 1 is 0.692 bits per heavy atom. The molecule has 2 aromatic rings. The van der Waals surface area contributed by atoms with Gasteiger partial charge in [0.1, 0.15) is 0 Å². The van der Waals surface area contributed by atoms with E-state index in [9.17, 15) is 0 Å². The molecule has 1 atom stereocenters. The minimum absolute atomic E-state index is 0.00410. The first kappa shape index (κ1) is 29.8. The highest BCUT2D eigenvalue weighted by atomic mass is 32.1. The number of hydrogen-bond acceptors (Lipinski definition) is 6. The smallest absolute Gasteiger partial charge is 0.399 e. The summed E-state index contributed by atoms with van der Waals surface area (Å²) < 4.78 is 28.4. The van der Waals surface area contributed by atoms with Crippen LogP contribution in [0.5, 0.6) is 0 Å². The average Bonchev–Trinajstić information content (AvgIpc) is 3.59. The Kier molecular flexibility index (Phi) is 7.64. The van der Waals surface area contributed by atoms with Crippen LogP contribution in [0.25, 0.3) is 9.75 Å². The third-order valence-electron chi connectivity index (χ3n) is 10.5. The van der Waals surface area contributed by atoms with Crippen molar-refractivity contribution in [3.8, 4) is 9.75 Å². The topological polar surface area (TPSA) is 36.9 Å². The fraction of sp³-hybridized carbons (Fsp3) is 0.742. The predicted octanol–water partition coefficient (Wildman–Crippen LogP) is 7.69. The van der Waals surface area contributed by atoms with Crippen molar-refractivity contribution in [2.45, 2.75) is 143 Å². The zero-order chi connectivity index (χ0) is 28.6. The van der Waals surface area contributed by atoms with Crippen LogP contribution in [0.1, 0.15) is 126 Å². The van der Waals surface area contributed by atoms with Gasteiger partial charge in [0.2, 0.25) is 0 Å². The van der Waals surface area contributed by atoms with Crippen molar-refractivity contribution in [1.29, 1.82) is 0 Å². The molecular weight excluding hydrogens is 522 g/mol. The lowest BCUT2D eigenvalue weighted by molar-refractivity contribution is 0.00578.